The highest BCUT2D eigenvalue weighted by Crippen LogP contribution is 2.07. The highest BCUT2D eigenvalue weighted by molar-refractivity contribution is 6.58. The molecule has 0 atom stereocenters. The van der Waals surface area contributed by atoms with Crippen LogP contribution >= 0.6 is 0 Å². The lowest BCUT2D eigenvalue weighted by molar-refractivity contribution is 0.0693. The van der Waals surface area contributed by atoms with Crippen LogP contribution < -0.4 is 5.46 Å². The minimum Gasteiger partial charge on any atom is -0.478 e. The summed E-state index contributed by atoms with van der Waals surface area (Å²) in [6, 6.07) is 3.82. The maximum Gasteiger partial charge on any atom is 0.488 e. The smallest absolute Gasteiger partial charge is 0.478 e. The summed E-state index contributed by atoms with van der Waals surface area (Å²) in [4.78, 5) is 10.7. The first kappa shape index (κ1) is 10.7. The lowest BCUT2D eigenvalue weighted by Gasteiger charge is -2.05. The number of rotatable bonds is 3. The molecule has 0 radical (unpaired) electrons. The first-order valence-corrected chi connectivity index (χ1v) is 3.89. The van der Waals surface area contributed by atoms with Crippen LogP contribution in [0.5, 0.6) is 0 Å². The number of hydrogen-bond acceptors (Lipinski definition) is 4. The fraction of sp³-hybridized carbons (Fsp3) is 0.125. The van der Waals surface area contributed by atoms with Gasteiger partial charge in [0.25, 0.3) is 0 Å². The van der Waals surface area contributed by atoms with E-state index in [1.54, 1.807) is 0 Å². The van der Waals surface area contributed by atoms with Crippen molar-refractivity contribution in [3.05, 3.63) is 29.3 Å². The predicted molar refractivity (Wildman–Crippen MR) is 49.1 cm³/mol. The maximum absolute atomic E-state index is 10.7. The highest BCUT2D eigenvalue weighted by Gasteiger charge is 2.16. The molecule has 6 heteroatoms. The van der Waals surface area contributed by atoms with Gasteiger partial charge < -0.3 is 20.3 Å². The average molecular weight is 196 g/mol. The van der Waals surface area contributed by atoms with E-state index in [4.69, 9.17) is 20.3 Å². The van der Waals surface area contributed by atoms with E-state index in [-0.39, 0.29) is 16.6 Å². The van der Waals surface area contributed by atoms with Crippen LogP contribution in [0.15, 0.2) is 18.2 Å². The third-order valence-corrected chi connectivity index (χ3v) is 1.83. The molecular formula is C8H9BO5. The van der Waals surface area contributed by atoms with Crippen molar-refractivity contribution in [2.24, 2.45) is 0 Å². The van der Waals surface area contributed by atoms with Gasteiger partial charge in [0.15, 0.2) is 0 Å². The molecule has 0 heterocycles. The lowest BCUT2D eigenvalue weighted by Crippen LogP contribution is -2.30. The van der Waals surface area contributed by atoms with Crippen LogP contribution in [0.4, 0.5) is 0 Å². The maximum atomic E-state index is 10.7. The molecule has 1 aromatic rings. The first-order chi connectivity index (χ1) is 6.56. The number of aromatic carboxylic acids is 1. The number of benzene rings is 1. The Balaban J connectivity index is 3.21. The normalized spacial score (nSPS) is 9.93. The van der Waals surface area contributed by atoms with Crippen molar-refractivity contribution in [2.75, 3.05) is 0 Å². The average Bonchev–Trinajstić information content (AvgIpc) is 2.16. The SMILES string of the molecule is O=C(O)c1cc(B(O)O)ccc1CO. The van der Waals surface area contributed by atoms with Crippen LogP contribution in [-0.4, -0.2) is 33.3 Å². The quantitative estimate of drug-likeness (QED) is 0.443. The van der Waals surface area contributed by atoms with Crippen LogP contribution in [0, 0.1) is 0 Å². The van der Waals surface area contributed by atoms with Crippen molar-refractivity contribution in [1.29, 1.82) is 0 Å². The van der Waals surface area contributed by atoms with Gasteiger partial charge in [0, 0.05) is 0 Å². The summed E-state index contributed by atoms with van der Waals surface area (Å²) in [6.07, 6.45) is 0. The van der Waals surface area contributed by atoms with Gasteiger partial charge in [0.2, 0.25) is 0 Å². The molecule has 0 aliphatic heterocycles. The van der Waals surface area contributed by atoms with E-state index in [1.807, 2.05) is 0 Å². The van der Waals surface area contributed by atoms with Gasteiger partial charge in [-0.1, -0.05) is 12.1 Å². The summed E-state index contributed by atoms with van der Waals surface area (Å²) in [5, 5.41) is 35.1. The second-order valence-electron chi connectivity index (χ2n) is 2.75. The summed E-state index contributed by atoms with van der Waals surface area (Å²) in [5.74, 6) is -1.21. The number of aliphatic hydroxyl groups excluding tert-OH is 1. The third-order valence-electron chi connectivity index (χ3n) is 1.83. The van der Waals surface area contributed by atoms with E-state index in [2.05, 4.69) is 0 Å². The van der Waals surface area contributed by atoms with Gasteiger partial charge in [-0.2, -0.15) is 0 Å². The summed E-state index contributed by atoms with van der Waals surface area (Å²) < 4.78 is 0. The monoisotopic (exact) mass is 196 g/mol. The Labute approximate surface area is 80.4 Å². The molecule has 0 bridgehead atoms. The Bertz CT molecular complexity index is 350. The molecule has 0 aliphatic rings. The van der Waals surface area contributed by atoms with Crippen molar-refractivity contribution in [1.82, 2.24) is 0 Å². The zero-order valence-corrected chi connectivity index (χ0v) is 7.21. The minimum absolute atomic E-state index is 0.0830. The second kappa shape index (κ2) is 4.23. The molecule has 0 aliphatic carbocycles. The van der Waals surface area contributed by atoms with E-state index < -0.39 is 19.7 Å². The second-order valence-corrected chi connectivity index (χ2v) is 2.75. The Hall–Kier alpha value is -1.37. The Morgan fingerprint density at radius 2 is 2.00 bits per heavy atom. The van der Waals surface area contributed by atoms with Gasteiger partial charge >= 0.3 is 13.1 Å². The zero-order chi connectivity index (χ0) is 10.7. The highest BCUT2D eigenvalue weighted by atomic mass is 16.4. The Kier molecular flexibility index (Phi) is 3.24. The summed E-state index contributed by atoms with van der Waals surface area (Å²) >= 11 is 0. The van der Waals surface area contributed by atoms with Crippen molar-refractivity contribution in [3.63, 3.8) is 0 Å². The number of carboxylic acid groups (broad SMARTS) is 1. The molecule has 0 unspecified atom stereocenters. The molecule has 0 spiro atoms. The molecule has 0 aromatic heterocycles. The van der Waals surface area contributed by atoms with Gasteiger partial charge in [0.1, 0.15) is 0 Å². The minimum atomic E-state index is -1.71. The molecular weight excluding hydrogens is 187 g/mol. The van der Waals surface area contributed by atoms with Crippen LogP contribution in [0.25, 0.3) is 0 Å². The van der Waals surface area contributed by atoms with Gasteiger partial charge in [-0.15, -0.1) is 0 Å². The van der Waals surface area contributed by atoms with Crippen LogP contribution in [0.3, 0.4) is 0 Å². The topological polar surface area (TPSA) is 98.0 Å². The van der Waals surface area contributed by atoms with Crippen molar-refractivity contribution < 1.29 is 25.1 Å². The molecule has 0 amide bonds. The lowest BCUT2D eigenvalue weighted by atomic mass is 9.79. The van der Waals surface area contributed by atoms with Gasteiger partial charge in [-0.05, 0) is 17.1 Å². The molecule has 1 aromatic carbocycles. The van der Waals surface area contributed by atoms with Gasteiger partial charge in [-0.25, -0.2) is 4.79 Å². The van der Waals surface area contributed by atoms with E-state index >= 15 is 0 Å². The molecule has 74 valence electrons. The van der Waals surface area contributed by atoms with Crippen molar-refractivity contribution >= 4 is 18.6 Å². The molecule has 4 N–H and O–H groups in total. The van der Waals surface area contributed by atoms with Gasteiger partial charge in [-0.3, -0.25) is 0 Å². The zero-order valence-electron chi connectivity index (χ0n) is 7.21. The summed E-state index contributed by atoms with van der Waals surface area (Å²) in [6.45, 7) is -0.399. The van der Waals surface area contributed by atoms with E-state index in [1.165, 1.54) is 12.1 Å². The largest absolute Gasteiger partial charge is 0.488 e. The van der Waals surface area contributed by atoms with Crippen molar-refractivity contribution in [2.45, 2.75) is 6.61 Å². The Morgan fingerprint density at radius 3 is 2.43 bits per heavy atom. The van der Waals surface area contributed by atoms with Crippen LogP contribution in [-0.2, 0) is 6.61 Å². The summed E-state index contributed by atoms with van der Waals surface area (Å²) in [7, 11) is -1.71. The number of carbonyl (C=O) groups is 1. The van der Waals surface area contributed by atoms with E-state index in [9.17, 15) is 4.79 Å². The fourth-order valence-corrected chi connectivity index (χ4v) is 1.09. The van der Waals surface area contributed by atoms with Gasteiger partial charge in [0.05, 0.1) is 12.2 Å². The first-order valence-electron chi connectivity index (χ1n) is 3.89. The van der Waals surface area contributed by atoms with E-state index in [0.717, 1.165) is 6.07 Å². The standard InChI is InChI=1S/C8H9BO5/c10-4-5-1-2-6(9(13)14)3-7(5)8(11)12/h1-3,10,13-14H,4H2,(H,11,12). The number of aliphatic hydroxyl groups is 1. The van der Waals surface area contributed by atoms with Crippen LogP contribution in [0.2, 0.25) is 0 Å². The predicted octanol–water partition coefficient (Wildman–Crippen LogP) is -1.44. The van der Waals surface area contributed by atoms with Crippen LogP contribution in [0.1, 0.15) is 15.9 Å². The number of carboxylic acids is 1. The Morgan fingerprint density at radius 1 is 1.36 bits per heavy atom. The number of hydrogen-bond donors (Lipinski definition) is 4. The van der Waals surface area contributed by atoms with E-state index in [0.29, 0.717) is 0 Å². The van der Waals surface area contributed by atoms with Crippen molar-refractivity contribution in [3.8, 4) is 0 Å². The molecule has 0 fully saturated rings. The molecule has 14 heavy (non-hydrogen) atoms. The fourth-order valence-electron chi connectivity index (χ4n) is 1.09. The molecule has 1 rings (SSSR count). The molecule has 5 nitrogen and oxygen atoms in total. The summed E-state index contributed by atoms with van der Waals surface area (Å²) in [5.41, 5.74) is 0.194. The molecule has 0 saturated carbocycles. The third kappa shape index (κ3) is 2.11. The molecule has 0 saturated heterocycles.